The van der Waals surface area contributed by atoms with E-state index in [0.29, 0.717) is 5.56 Å². The molecule has 1 saturated heterocycles. The van der Waals surface area contributed by atoms with E-state index in [1.807, 2.05) is 18.2 Å². The number of H-pyrrole nitrogens is 2. The zero-order chi connectivity index (χ0) is 19.6. The first-order valence-corrected chi connectivity index (χ1v) is 13.1. The number of nitriles is 1. The van der Waals surface area contributed by atoms with Crippen LogP contribution in [0.1, 0.15) is 24.0 Å². The Balaban J connectivity index is 1.35. The van der Waals surface area contributed by atoms with E-state index in [4.69, 9.17) is 10.00 Å². The molecule has 1 unspecified atom stereocenters. The van der Waals surface area contributed by atoms with Gasteiger partial charge >= 0.3 is 171 Å². The van der Waals surface area contributed by atoms with E-state index in [-0.39, 0.29) is 15.8 Å². The van der Waals surface area contributed by atoms with E-state index >= 15 is 0 Å². The average molecular weight is 446 g/mol. The standard InChI is InChI=1S/C23H23AsN4O/c25-14-17-2-4-19-21(10-17)27-28-23(19)22-11-18-3-1-16(9-20(18)26-22)13-24-12-15-5-7-29-8-6-15/h1-4,9-11,15,24,26H,5-8,12-13H2,(H,27,28). The van der Waals surface area contributed by atoms with Gasteiger partial charge in [0, 0.05) is 0 Å². The second-order valence-electron chi connectivity index (χ2n) is 7.74. The van der Waals surface area contributed by atoms with E-state index in [9.17, 15) is 0 Å². The summed E-state index contributed by atoms with van der Waals surface area (Å²) in [5, 5.41) is 21.5. The van der Waals surface area contributed by atoms with E-state index in [1.54, 1.807) is 0 Å². The summed E-state index contributed by atoms with van der Waals surface area (Å²) in [6.45, 7) is 1.90. The summed E-state index contributed by atoms with van der Waals surface area (Å²) in [4.78, 5) is 3.55. The maximum absolute atomic E-state index is 9.08. The third-order valence-electron chi connectivity index (χ3n) is 5.74. The monoisotopic (exact) mass is 446 g/mol. The molecule has 0 saturated carbocycles. The van der Waals surface area contributed by atoms with Crippen molar-refractivity contribution in [1.82, 2.24) is 15.2 Å². The molecule has 1 atom stereocenters. The van der Waals surface area contributed by atoms with Crippen molar-refractivity contribution < 1.29 is 4.74 Å². The summed E-state index contributed by atoms with van der Waals surface area (Å²) in [5.74, 6) is 0.888. The molecule has 2 aromatic carbocycles. The molecule has 0 radical (unpaired) electrons. The molecule has 1 aliphatic rings. The molecule has 1 fully saturated rings. The van der Waals surface area contributed by atoms with Gasteiger partial charge in [0.1, 0.15) is 0 Å². The van der Waals surface area contributed by atoms with Crippen LogP contribution < -0.4 is 0 Å². The van der Waals surface area contributed by atoms with Gasteiger partial charge in [0.15, 0.2) is 0 Å². The molecule has 0 bridgehead atoms. The molecule has 3 heterocycles. The first kappa shape index (κ1) is 18.5. The number of aromatic nitrogens is 3. The predicted octanol–water partition coefficient (Wildman–Crippen LogP) is 4.36. The average Bonchev–Trinajstić information content (AvgIpc) is 3.37. The molecule has 6 heteroatoms. The predicted molar refractivity (Wildman–Crippen MR) is 117 cm³/mol. The zero-order valence-electron chi connectivity index (χ0n) is 16.2. The minimum atomic E-state index is 0.0505. The summed E-state index contributed by atoms with van der Waals surface area (Å²) < 4.78 is 5.47. The Morgan fingerprint density at radius 2 is 2.00 bits per heavy atom. The van der Waals surface area contributed by atoms with Crippen molar-refractivity contribution >= 4 is 37.6 Å². The SMILES string of the molecule is N#Cc1ccc2c(-c3cc4ccc(C[AsH]CC5CCOCC5)cc4[nH]3)n[nH]c2c1. The third kappa shape index (κ3) is 3.83. The van der Waals surface area contributed by atoms with Gasteiger partial charge in [-0.3, -0.25) is 0 Å². The number of fused-ring (bicyclic) bond motifs is 2. The number of nitrogens with one attached hydrogen (secondary N) is 2. The fourth-order valence-corrected chi connectivity index (χ4v) is 7.16. The Morgan fingerprint density at radius 1 is 1.10 bits per heavy atom. The third-order valence-corrected chi connectivity index (χ3v) is 8.94. The summed E-state index contributed by atoms with van der Waals surface area (Å²) in [5.41, 5.74) is 6.03. The first-order chi connectivity index (χ1) is 14.3. The fraction of sp³-hybridized carbons (Fsp3) is 0.304. The number of ether oxygens (including phenoxy) is 1. The molecule has 0 spiro atoms. The van der Waals surface area contributed by atoms with Crippen LogP contribution in [0.4, 0.5) is 0 Å². The van der Waals surface area contributed by atoms with Crippen LogP contribution in [0.2, 0.25) is 5.21 Å². The van der Waals surface area contributed by atoms with Gasteiger partial charge in [0.05, 0.1) is 0 Å². The van der Waals surface area contributed by atoms with Crippen LogP contribution in [-0.2, 0) is 9.95 Å². The Bertz CT molecular complexity index is 1200. The van der Waals surface area contributed by atoms with Crippen LogP contribution in [0.25, 0.3) is 33.2 Å². The van der Waals surface area contributed by atoms with Crippen LogP contribution >= 0.6 is 0 Å². The molecule has 2 N–H and O–H groups in total. The van der Waals surface area contributed by atoms with Gasteiger partial charge < -0.3 is 0 Å². The van der Waals surface area contributed by atoms with E-state index in [0.717, 1.165) is 41.4 Å². The Morgan fingerprint density at radius 3 is 2.86 bits per heavy atom. The number of nitrogens with zero attached hydrogens (tertiary/aromatic N) is 2. The number of hydrogen-bond acceptors (Lipinski definition) is 3. The van der Waals surface area contributed by atoms with Gasteiger partial charge in [0.2, 0.25) is 0 Å². The van der Waals surface area contributed by atoms with Crippen molar-refractivity contribution in [3.8, 4) is 17.5 Å². The number of rotatable bonds is 5. The second-order valence-corrected chi connectivity index (χ2v) is 10.4. The molecule has 2 aromatic heterocycles. The fourth-order valence-electron chi connectivity index (χ4n) is 4.08. The summed E-state index contributed by atoms with van der Waals surface area (Å²) in [6, 6.07) is 16.8. The van der Waals surface area contributed by atoms with Gasteiger partial charge in [-0.25, -0.2) is 0 Å². The quantitative estimate of drug-likeness (QED) is 0.447. The second kappa shape index (κ2) is 8.06. The first-order valence-electron chi connectivity index (χ1n) is 10.1. The molecule has 1 aliphatic heterocycles. The molecule has 146 valence electrons. The van der Waals surface area contributed by atoms with E-state index < -0.39 is 0 Å². The van der Waals surface area contributed by atoms with Gasteiger partial charge in [-0.2, -0.15) is 5.26 Å². The minimum absolute atomic E-state index is 0.0505. The van der Waals surface area contributed by atoms with Crippen LogP contribution in [0.15, 0.2) is 42.5 Å². The van der Waals surface area contributed by atoms with Crippen molar-refractivity contribution in [2.24, 2.45) is 5.92 Å². The normalized spacial score (nSPS) is 15.6. The van der Waals surface area contributed by atoms with Gasteiger partial charge in [-0.15, -0.1) is 0 Å². The number of hydrogen-bond donors (Lipinski definition) is 2. The Hall–Kier alpha value is -2.54. The Kier molecular flexibility index (Phi) is 5.14. The van der Waals surface area contributed by atoms with Crippen LogP contribution in [0.3, 0.4) is 0 Å². The molecular weight excluding hydrogens is 423 g/mol. The van der Waals surface area contributed by atoms with Crippen molar-refractivity contribution in [3.63, 3.8) is 0 Å². The van der Waals surface area contributed by atoms with Crippen molar-refractivity contribution in [1.29, 1.82) is 5.26 Å². The summed E-state index contributed by atoms with van der Waals surface area (Å²) in [7, 11) is 0. The number of aromatic amines is 2. The van der Waals surface area contributed by atoms with Crippen LogP contribution in [-0.4, -0.2) is 44.1 Å². The van der Waals surface area contributed by atoms with Crippen LogP contribution in [0.5, 0.6) is 0 Å². The topological polar surface area (TPSA) is 77.5 Å². The Labute approximate surface area is 176 Å². The molecular formula is C23H23AsN4O. The van der Waals surface area contributed by atoms with E-state index in [1.165, 1.54) is 39.7 Å². The molecule has 4 aromatic rings. The maximum atomic E-state index is 9.08. The summed E-state index contributed by atoms with van der Waals surface area (Å²) >= 11 is 0.0505. The van der Waals surface area contributed by atoms with Crippen molar-refractivity contribution in [2.75, 3.05) is 13.2 Å². The van der Waals surface area contributed by atoms with Gasteiger partial charge in [-0.1, -0.05) is 0 Å². The van der Waals surface area contributed by atoms with Crippen molar-refractivity contribution in [3.05, 3.63) is 53.6 Å². The van der Waals surface area contributed by atoms with Crippen LogP contribution in [0, 0.1) is 17.2 Å². The number of benzene rings is 2. The van der Waals surface area contributed by atoms with Crippen molar-refractivity contribution in [2.45, 2.75) is 23.3 Å². The molecule has 0 amide bonds. The molecule has 29 heavy (non-hydrogen) atoms. The van der Waals surface area contributed by atoms with Gasteiger partial charge in [-0.05, 0) is 0 Å². The zero-order valence-corrected chi connectivity index (χ0v) is 18.3. The summed E-state index contributed by atoms with van der Waals surface area (Å²) in [6.07, 6.45) is 2.49. The van der Waals surface area contributed by atoms with Gasteiger partial charge in [0.25, 0.3) is 0 Å². The molecule has 0 aliphatic carbocycles. The molecule has 5 nitrogen and oxygen atoms in total. The molecule has 5 rings (SSSR count). The van der Waals surface area contributed by atoms with E-state index in [2.05, 4.69) is 45.5 Å².